The van der Waals surface area contributed by atoms with E-state index in [1.807, 2.05) is 6.07 Å². The van der Waals surface area contributed by atoms with E-state index in [1.165, 1.54) is 28.7 Å². The molecule has 0 aliphatic carbocycles. The predicted octanol–water partition coefficient (Wildman–Crippen LogP) is 4.45. The fourth-order valence-electron chi connectivity index (χ4n) is 2.29. The fraction of sp³-hybridized carbons (Fsp3) is 0.294. The third-order valence-corrected chi connectivity index (χ3v) is 3.32. The van der Waals surface area contributed by atoms with E-state index in [0.29, 0.717) is 0 Å². The van der Waals surface area contributed by atoms with Gasteiger partial charge in [0.1, 0.15) is 0 Å². The van der Waals surface area contributed by atoms with Crippen molar-refractivity contribution in [1.29, 1.82) is 0 Å². The molecule has 1 heteroatoms. The Kier molecular flexibility index (Phi) is 4.03. The number of aryl methyl sites for hydroxylation is 2. The number of hydrogen-bond acceptors (Lipinski definition) is 1. The van der Waals surface area contributed by atoms with Gasteiger partial charge >= 0.3 is 0 Å². The van der Waals surface area contributed by atoms with Gasteiger partial charge in [0, 0.05) is 5.69 Å². The molecule has 0 radical (unpaired) electrons. The normalized spacial score (nSPS) is 10.6. The molecule has 1 nitrogen and oxygen atoms in total. The van der Waals surface area contributed by atoms with Crippen LogP contribution in [0.5, 0.6) is 0 Å². The van der Waals surface area contributed by atoms with Crippen molar-refractivity contribution in [2.75, 3.05) is 5.73 Å². The summed E-state index contributed by atoms with van der Waals surface area (Å²) in [5.74, 6) is 0. The summed E-state index contributed by atoms with van der Waals surface area (Å²) in [6.07, 6.45) is 3.31. The lowest BCUT2D eigenvalue weighted by molar-refractivity contribution is 0.922. The minimum atomic E-state index is 0.894. The molecule has 0 atom stereocenters. The molecule has 0 saturated heterocycles. The molecule has 0 bridgehead atoms. The van der Waals surface area contributed by atoms with E-state index >= 15 is 0 Å². The molecule has 0 spiro atoms. The first-order valence-corrected chi connectivity index (χ1v) is 6.72. The molecular weight excluding hydrogens is 218 g/mol. The van der Waals surface area contributed by atoms with Crippen molar-refractivity contribution in [3.63, 3.8) is 0 Å². The van der Waals surface area contributed by atoms with Crippen molar-refractivity contribution in [3.8, 4) is 11.1 Å². The molecule has 2 aromatic carbocycles. The Labute approximate surface area is 110 Å². The minimum absolute atomic E-state index is 0.894. The van der Waals surface area contributed by atoms with Gasteiger partial charge in [-0.1, -0.05) is 50.6 Å². The molecule has 94 valence electrons. The Hall–Kier alpha value is -1.76. The van der Waals surface area contributed by atoms with Crippen molar-refractivity contribution in [3.05, 3.63) is 53.6 Å². The Balaban J connectivity index is 2.38. The highest BCUT2D eigenvalue weighted by Gasteiger charge is 2.02. The average Bonchev–Trinajstić information content (AvgIpc) is 2.40. The molecule has 0 aliphatic rings. The zero-order chi connectivity index (χ0) is 13.0. The van der Waals surface area contributed by atoms with Crippen LogP contribution in [-0.4, -0.2) is 0 Å². The van der Waals surface area contributed by atoms with Crippen LogP contribution in [0.4, 0.5) is 5.69 Å². The van der Waals surface area contributed by atoms with Gasteiger partial charge in [-0.05, 0) is 47.2 Å². The molecule has 0 aliphatic heterocycles. The van der Waals surface area contributed by atoms with Crippen molar-refractivity contribution < 1.29 is 0 Å². The number of rotatable bonds is 4. The second kappa shape index (κ2) is 5.72. The molecular formula is C17H21N. The van der Waals surface area contributed by atoms with E-state index in [1.54, 1.807) is 0 Å². The van der Waals surface area contributed by atoms with Gasteiger partial charge < -0.3 is 5.73 Å². The highest BCUT2D eigenvalue weighted by atomic mass is 14.6. The van der Waals surface area contributed by atoms with E-state index in [4.69, 9.17) is 5.73 Å². The Morgan fingerprint density at radius 3 is 2.44 bits per heavy atom. The van der Waals surface area contributed by atoms with Crippen LogP contribution < -0.4 is 5.73 Å². The first-order chi connectivity index (χ1) is 8.74. The number of nitrogen functional groups attached to an aromatic ring is 1. The summed E-state index contributed by atoms with van der Waals surface area (Å²) in [5, 5.41) is 0. The number of nitrogens with two attached hydrogens (primary N) is 1. The van der Waals surface area contributed by atoms with Gasteiger partial charge in [0.25, 0.3) is 0 Å². The Morgan fingerprint density at radius 2 is 1.72 bits per heavy atom. The summed E-state index contributed by atoms with van der Waals surface area (Å²) in [6.45, 7) is 4.36. The van der Waals surface area contributed by atoms with Crippen LogP contribution in [0.2, 0.25) is 0 Å². The maximum absolute atomic E-state index is 5.96. The Morgan fingerprint density at radius 1 is 0.944 bits per heavy atom. The minimum Gasteiger partial charge on any atom is -0.399 e. The maximum atomic E-state index is 5.96. The first-order valence-electron chi connectivity index (χ1n) is 6.72. The fourth-order valence-corrected chi connectivity index (χ4v) is 2.29. The van der Waals surface area contributed by atoms with Crippen LogP contribution in [0.15, 0.2) is 42.5 Å². The second-order valence-electron chi connectivity index (χ2n) is 4.72. The zero-order valence-electron chi connectivity index (χ0n) is 11.2. The van der Waals surface area contributed by atoms with Crippen molar-refractivity contribution >= 4 is 5.69 Å². The lowest BCUT2D eigenvalue weighted by Crippen LogP contribution is -1.93. The average molecular weight is 239 g/mol. The van der Waals surface area contributed by atoms with E-state index in [2.05, 4.69) is 50.2 Å². The van der Waals surface area contributed by atoms with Gasteiger partial charge in [0.05, 0.1) is 0 Å². The molecule has 0 fully saturated rings. The monoisotopic (exact) mass is 239 g/mol. The first kappa shape index (κ1) is 12.7. The van der Waals surface area contributed by atoms with E-state index in [9.17, 15) is 0 Å². The largest absolute Gasteiger partial charge is 0.399 e. The third-order valence-electron chi connectivity index (χ3n) is 3.32. The molecule has 2 N–H and O–H groups in total. The topological polar surface area (TPSA) is 26.0 Å². The van der Waals surface area contributed by atoms with E-state index in [-0.39, 0.29) is 0 Å². The molecule has 18 heavy (non-hydrogen) atoms. The van der Waals surface area contributed by atoms with Crippen LogP contribution in [0.3, 0.4) is 0 Å². The van der Waals surface area contributed by atoms with Crippen molar-refractivity contribution in [1.82, 2.24) is 0 Å². The molecule has 0 heterocycles. The van der Waals surface area contributed by atoms with Gasteiger partial charge in [0.2, 0.25) is 0 Å². The lowest BCUT2D eigenvalue weighted by atomic mass is 9.98. The van der Waals surface area contributed by atoms with E-state index in [0.717, 1.165) is 18.5 Å². The third kappa shape index (κ3) is 2.73. The second-order valence-corrected chi connectivity index (χ2v) is 4.72. The van der Waals surface area contributed by atoms with Gasteiger partial charge in [0.15, 0.2) is 0 Å². The Bertz CT molecular complexity index is 529. The summed E-state index contributed by atoms with van der Waals surface area (Å²) in [7, 11) is 0. The smallest absolute Gasteiger partial charge is 0.0346 e. The molecule has 0 unspecified atom stereocenters. The van der Waals surface area contributed by atoms with Gasteiger partial charge in [-0.15, -0.1) is 0 Å². The molecule has 0 saturated carbocycles. The molecule has 0 aromatic heterocycles. The summed E-state index contributed by atoms with van der Waals surface area (Å²) in [4.78, 5) is 0. The predicted molar refractivity (Wildman–Crippen MR) is 79.7 cm³/mol. The standard InChI is InChI=1S/C17H21N/c1-3-6-13-7-5-8-15(11-13)16-9-10-17(18)14(4-2)12-16/h5,7-12H,3-4,6,18H2,1-2H3. The molecule has 0 amide bonds. The summed E-state index contributed by atoms with van der Waals surface area (Å²) >= 11 is 0. The summed E-state index contributed by atoms with van der Waals surface area (Å²) in [6, 6.07) is 15.1. The summed E-state index contributed by atoms with van der Waals surface area (Å²) in [5.41, 5.74) is 12.0. The van der Waals surface area contributed by atoms with Crippen LogP contribution in [-0.2, 0) is 12.8 Å². The van der Waals surface area contributed by atoms with Gasteiger partial charge in [-0.3, -0.25) is 0 Å². The summed E-state index contributed by atoms with van der Waals surface area (Å²) < 4.78 is 0. The maximum Gasteiger partial charge on any atom is 0.0346 e. The van der Waals surface area contributed by atoms with Crippen LogP contribution in [0.25, 0.3) is 11.1 Å². The SMILES string of the molecule is CCCc1cccc(-c2ccc(N)c(CC)c2)c1. The zero-order valence-corrected chi connectivity index (χ0v) is 11.2. The number of hydrogen-bond donors (Lipinski definition) is 1. The van der Waals surface area contributed by atoms with Gasteiger partial charge in [-0.2, -0.15) is 0 Å². The quantitative estimate of drug-likeness (QED) is 0.784. The number of anilines is 1. The molecule has 2 aromatic rings. The van der Waals surface area contributed by atoms with E-state index < -0.39 is 0 Å². The molecule has 2 rings (SSSR count). The lowest BCUT2D eigenvalue weighted by Gasteiger charge is -2.08. The van der Waals surface area contributed by atoms with Gasteiger partial charge in [-0.25, -0.2) is 0 Å². The highest BCUT2D eigenvalue weighted by Crippen LogP contribution is 2.25. The van der Waals surface area contributed by atoms with Crippen molar-refractivity contribution in [2.45, 2.75) is 33.1 Å². The highest BCUT2D eigenvalue weighted by molar-refractivity contribution is 5.68. The number of benzene rings is 2. The van der Waals surface area contributed by atoms with Crippen LogP contribution in [0.1, 0.15) is 31.4 Å². The van der Waals surface area contributed by atoms with Crippen LogP contribution in [0, 0.1) is 0 Å². The van der Waals surface area contributed by atoms with Crippen molar-refractivity contribution in [2.24, 2.45) is 0 Å². The van der Waals surface area contributed by atoms with Crippen LogP contribution >= 0.6 is 0 Å².